The van der Waals surface area contributed by atoms with Crippen LogP contribution in [0, 0.1) is 0 Å². The number of esters is 3. The molecule has 0 aliphatic heterocycles. The highest BCUT2D eigenvalue weighted by Gasteiger charge is 2.17. The van der Waals surface area contributed by atoms with Crippen LogP contribution >= 0.6 is 0 Å². The molecular weight excluding hydrogens is 360 g/mol. The number of unbranched alkanes of at least 4 members (excludes halogenated alkanes) is 1. The molecule has 0 N–H and O–H groups in total. The first-order valence-electron chi connectivity index (χ1n) is 9.59. The van der Waals surface area contributed by atoms with Crippen molar-refractivity contribution in [3.63, 3.8) is 0 Å². The van der Waals surface area contributed by atoms with Gasteiger partial charge in [0.2, 0.25) is 0 Å². The molecule has 1 saturated carbocycles. The van der Waals surface area contributed by atoms with Crippen LogP contribution in [0.5, 0.6) is 0 Å². The summed E-state index contributed by atoms with van der Waals surface area (Å²) < 4.78 is 14.2. The molecule has 0 unspecified atom stereocenters. The molecule has 6 heteroatoms. The Morgan fingerprint density at radius 3 is 1.89 bits per heavy atom. The van der Waals surface area contributed by atoms with Gasteiger partial charge in [-0.3, -0.25) is 0 Å². The van der Waals surface area contributed by atoms with E-state index in [1.165, 1.54) is 32.4 Å². The number of hydrogen-bond donors (Lipinski definition) is 0. The molecule has 1 aliphatic carbocycles. The molecule has 0 bridgehead atoms. The summed E-state index contributed by atoms with van der Waals surface area (Å²) in [4.78, 5) is 31.6. The number of rotatable bonds is 7. The normalized spacial score (nSPS) is 12.7. The summed E-state index contributed by atoms with van der Waals surface area (Å²) in [5.74, 6) is -0.912. The van der Waals surface area contributed by atoms with E-state index < -0.39 is 0 Å². The van der Waals surface area contributed by atoms with Gasteiger partial charge in [0.15, 0.2) is 0 Å². The maximum absolute atomic E-state index is 11.1. The van der Waals surface area contributed by atoms with E-state index in [0.29, 0.717) is 17.8 Å². The number of hydrogen-bond acceptors (Lipinski definition) is 6. The van der Waals surface area contributed by atoms with Gasteiger partial charge in [0, 0.05) is 17.2 Å². The second-order valence-corrected chi connectivity index (χ2v) is 6.44. The van der Waals surface area contributed by atoms with Gasteiger partial charge < -0.3 is 14.2 Å². The molecular formula is C22H36O6. The third kappa shape index (κ3) is 17.1. The minimum absolute atomic E-state index is 0.156. The number of carbonyl (C=O) groups excluding carboxylic acids is 3. The zero-order valence-electron chi connectivity index (χ0n) is 17.9. The lowest BCUT2D eigenvalue weighted by Crippen LogP contribution is -2.20. The molecule has 0 heterocycles. The molecule has 0 radical (unpaired) electrons. The summed E-state index contributed by atoms with van der Waals surface area (Å²) in [6.45, 7) is 16.0. The van der Waals surface area contributed by atoms with Crippen molar-refractivity contribution in [3.05, 3.63) is 37.0 Å². The highest BCUT2D eigenvalue weighted by molar-refractivity contribution is 5.87. The van der Waals surface area contributed by atoms with Crippen LogP contribution in [0.1, 0.15) is 65.7 Å². The lowest BCUT2D eigenvalue weighted by molar-refractivity contribution is -0.145. The van der Waals surface area contributed by atoms with Crippen molar-refractivity contribution >= 4 is 17.9 Å². The maximum Gasteiger partial charge on any atom is 0.333 e. The topological polar surface area (TPSA) is 78.9 Å². The summed E-state index contributed by atoms with van der Waals surface area (Å²) in [5.41, 5.74) is 0.933. The van der Waals surface area contributed by atoms with E-state index >= 15 is 0 Å². The molecule has 0 aromatic rings. The van der Waals surface area contributed by atoms with Crippen molar-refractivity contribution in [2.75, 3.05) is 13.7 Å². The minimum atomic E-state index is -0.347. The predicted molar refractivity (Wildman–Crippen MR) is 111 cm³/mol. The third-order valence-electron chi connectivity index (χ3n) is 3.62. The zero-order chi connectivity index (χ0) is 21.9. The maximum atomic E-state index is 11.1. The Morgan fingerprint density at radius 2 is 1.54 bits per heavy atom. The molecule has 28 heavy (non-hydrogen) atoms. The van der Waals surface area contributed by atoms with Crippen molar-refractivity contribution in [2.24, 2.45) is 0 Å². The number of carbonyl (C=O) groups is 3. The molecule has 0 spiro atoms. The Labute approximate surface area is 169 Å². The van der Waals surface area contributed by atoms with Gasteiger partial charge in [-0.25, -0.2) is 14.4 Å². The van der Waals surface area contributed by atoms with Crippen LogP contribution in [0.15, 0.2) is 37.0 Å². The summed E-state index contributed by atoms with van der Waals surface area (Å²) in [5, 5.41) is 0. The highest BCUT2D eigenvalue weighted by Crippen LogP contribution is 2.20. The van der Waals surface area contributed by atoms with Crippen LogP contribution in [-0.2, 0) is 28.6 Å². The highest BCUT2D eigenvalue weighted by atomic mass is 16.5. The fraction of sp³-hybridized carbons (Fsp3) is 0.591. The van der Waals surface area contributed by atoms with E-state index in [0.717, 1.165) is 25.7 Å². The molecule has 0 atom stereocenters. The summed E-state index contributed by atoms with van der Waals surface area (Å²) >= 11 is 0. The molecule has 6 nitrogen and oxygen atoms in total. The molecule has 160 valence electrons. The predicted octanol–water partition coefficient (Wildman–Crippen LogP) is 4.69. The van der Waals surface area contributed by atoms with Crippen LogP contribution in [0.4, 0.5) is 0 Å². The lowest BCUT2D eigenvalue weighted by atomic mass is 9.98. The molecule has 0 amide bonds. The monoisotopic (exact) mass is 396 g/mol. The fourth-order valence-corrected chi connectivity index (χ4v) is 1.99. The van der Waals surface area contributed by atoms with E-state index in [1.54, 1.807) is 13.8 Å². The van der Waals surface area contributed by atoms with Gasteiger partial charge in [-0.05, 0) is 46.0 Å². The van der Waals surface area contributed by atoms with Gasteiger partial charge in [-0.1, -0.05) is 39.5 Å². The molecule has 0 saturated heterocycles. The van der Waals surface area contributed by atoms with Gasteiger partial charge >= 0.3 is 17.9 Å². The summed E-state index contributed by atoms with van der Waals surface area (Å²) in [6.07, 6.45) is 9.02. The van der Waals surface area contributed by atoms with Crippen LogP contribution in [0.25, 0.3) is 0 Å². The summed E-state index contributed by atoms with van der Waals surface area (Å²) in [7, 11) is 1.33. The smallest absolute Gasteiger partial charge is 0.333 e. The SMILES string of the molecule is C=C(C)C(=O)OC.C=C(C)C(=O)OC1CCCCC1.C=CC(=O)OCCCC. The third-order valence-corrected chi connectivity index (χ3v) is 3.62. The molecule has 1 fully saturated rings. The Bertz CT molecular complexity index is 515. The second kappa shape index (κ2) is 18.0. The van der Waals surface area contributed by atoms with Gasteiger partial charge in [0.05, 0.1) is 13.7 Å². The lowest BCUT2D eigenvalue weighted by Gasteiger charge is -2.21. The van der Waals surface area contributed by atoms with E-state index in [9.17, 15) is 14.4 Å². The summed E-state index contributed by atoms with van der Waals surface area (Å²) in [6, 6.07) is 0. The molecule has 1 aliphatic rings. The first kappa shape index (κ1) is 27.8. The van der Waals surface area contributed by atoms with Crippen molar-refractivity contribution in [3.8, 4) is 0 Å². The Kier molecular flexibility index (Phi) is 17.9. The van der Waals surface area contributed by atoms with Crippen LogP contribution < -0.4 is 0 Å². The largest absolute Gasteiger partial charge is 0.466 e. The standard InChI is InChI=1S/C10H16O2.C7H12O2.C5H8O2/c1-8(2)10(11)12-9-6-4-3-5-7-9;1-3-5-6-9-7(8)4-2;1-4(2)5(6)7-3/h9H,1,3-7H2,2H3;4H,2-3,5-6H2,1H3;1H2,2-3H3. The van der Waals surface area contributed by atoms with Crippen LogP contribution in [0.2, 0.25) is 0 Å². The van der Waals surface area contributed by atoms with E-state index in [-0.39, 0.29) is 24.0 Å². The van der Waals surface area contributed by atoms with Crippen LogP contribution in [-0.4, -0.2) is 37.7 Å². The number of ether oxygens (including phenoxy) is 3. The van der Waals surface area contributed by atoms with E-state index in [2.05, 4.69) is 29.2 Å². The Balaban J connectivity index is 0. The van der Waals surface area contributed by atoms with Gasteiger partial charge in [0.25, 0.3) is 0 Å². The van der Waals surface area contributed by atoms with Crippen molar-refractivity contribution < 1.29 is 28.6 Å². The minimum Gasteiger partial charge on any atom is -0.466 e. The van der Waals surface area contributed by atoms with E-state index in [1.807, 2.05) is 6.92 Å². The first-order chi connectivity index (χ1) is 13.2. The van der Waals surface area contributed by atoms with Gasteiger partial charge in [0.1, 0.15) is 6.10 Å². The van der Waals surface area contributed by atoms with Crippen molar-refractivity contribution in [2.45, 2.75) is 71.8 Å². The van der Waals surface area contributed by atoms with Crippen molar-refractivity contribution in [1.82, 2.24) is 0 Å². The van der Waals surface area contributed by atoms with Crippen LogP contribution in [0.3, 0.4) is 0 Å². The average Bonchev–Trinajstić information content (AvgIpc) is 2.68. The molecule has 1 rings (SSSR count). The fourth-order valence-electron chi connectivity index (χ4n) is 1.99. The first-order valence-corrected chi connectivity index (χ1v) is 9.59. The molecule has 0 aromatic carbocycles. The van der Waals surface area contributed by atoms with Crippen molar-refractivity contribution in [1.29, 1.82) is 0 Å². The molecule has 0 aromatic heterocycles. The second-order valence-electron chi connectivity index (χ2n) is 6.44. The number of methoxy groups -OCH3 is 1. The van der Waals surface area contributed by atoms with Gasteiger partial charge in [-0.2, -0.15) is 0 Å². The quantitative estimate of drug-likeness (QED) is 0.269. The Morgan fingerprint density at radius 1 is 1.00 bits per heavy atom. The Hall–Kier alpha value is -2.37. The van der Waals surface area contributed by atoms with Gasteiger partial charge in [-0.15, -0.1) is 0 Å². The average molecular weight is 397 g/mol. The van der Waals surface area contributed by atoms with E-state index in [4.69, 9.17) is 4.74 Å². The zero-order valence-corrected chi connectivity index (χ0v) is 17.9.